The molecule has 0 radical (unpaired) electrons. The van der Waals surface area contributed by atoms with Crippen molar-refractivity contribution < 1.29 is 0 Å². The van der Waals surface area contributed by atoms with Gasteiger partial charge in [-0.3, -0.25) is 0 Å². The molecule has 0 aliphatic carbocycles. The van der Waals surface area contributed by atoms with Gasteiger partial charge < -0.3 is 10.6 Å². The number of nitrogens with two attached hydrogens (primary N) is 1. The maximum atomic E-state index is 5.39. The molecule has 0 saturated carbocycles. The van der Waals surface area contributed by atoms with Crippen molar-refractivity contribution >= 4 is 15.9 Å². The first-order valence-corrected chi connectivity index (χ1v) is 5.16. The molecule has 1 aliphatic heterocycles. The molecule has 72 valence electrons. The van der Waals surface area contributed by atoms with Crippen LogP contribution in [0.2, 0.25) is 0 Å². The average molecular weight is 243 g/mol. The van der Waals surface area contributed by atoms with Crippen LogP contribution >= 0.6 is 15.9 Å². The van der Waals surface area contributed by atoms with Crippen molar-refractivity contribution in [3.05, 3.63) is 34.5 Å². The third-order valence-corrected chi connectivity index (χ3v) is 2.22. The van der Waals surface area contributed by atoms with E-state index in [0.29, 0.717) is 6.54 Å². The lowest BCUT2D eigenvalue weighted by Crippen LogP contribution is -2.16. The zero-order valence-electron chi connectivity index (χ0n) is 7.83. The van der Waals surface area contributed by atoms with E-state index in [9.17, 15) is 0 Å². The van der Waals surface area contributed by atoms with Gasteiger partial charge in [0.05, 0.1) is 0 Å². The van der Waals surface area contributed by atoms with Gasteiger partial charge >= 0.3 is 0 Å². The van der Waals surface area contributed by atoms with Crippen molar-refractivity contribution in [1.82, 2.24) is 4.90 Å². The highest BCUT2D eigenvalue weighted by atomic mass is 79.9. The number of allylic oxidation sites excluding steroid dienone is 3. The smallest absolute Gasteiger partial charge is 0.0486 e. The molecule has 2 nitrogen and oxygen atoms in total. The first kappa shape index (κ1) is 10.5. The summed E-state index contributed by atoms with van der Waals surface area (Å²) in [5.41, 5.74) is 6.61. The van der Waals surface area contributed by atoms with Crippen molar-refractivity contribution in [3.63, 3.8) is 0 Å². The van der Waals surface area contributed by atoms with Crippen LogP contribution in [0.4, 0.5) is 0 Å². The summed E-state index contributed by atoms with van der Waals surface area (Å²) in [6.07, 6.45) is 9.39. The van der Waals surface area contributed by atoms with Crippen molar-refractivity contribution in [2.24, 2.45) is 5.73 Å². The zero-order chi connectivity index (χ0) is 9.68. The van der Waals surface area contributed by atoms with Crippen LogP contribution in [0.25, 0.3) is 0 Å². The van der Waals surface area contributed by atoms with Gasteiger partial charge in [0, 0.05) is 24.3 Å². The molecule has 0 bridgehead atoms. The Bertz CT molecular complexity index is 254. The molecule has 0 aromatic carbocycles. The fraction of sp³-hybridized carbons (Fsp3) is 0.400. The number of hydrogen-bond acceptors (Lipinski definition) is 2. The van der Waals surface area contributed by atoms with Gasteiger partial charge in [-0.25, -0.2) is 0 Å². The van der Waals surface area contributed by atoms with E-state index in [0.717, 1.165) is 13.0 Å². The third kappa shape index (κ3) is 3.79. The molecular weight excluding hydrogens is 228 g/mol. The lowest BCUT2D eigenvalue weighted by molar-refractivity contribution is 0.499. The Morgan fingerprint density at radius 1 is 1.69 bits per heavy atom. The van der Waals surface area contributed by atoms with Crippen LogP contribution in [-0.2, 0) is 0 Å². The van der Waals surface area contributed by atoms with Crippen molar-refractivity contribution in [1.29, 1.82) is 0 Å². The molecule has 0 aromatic heterocycles. The third-order valence-electron chi connectivity index (χ3n) is 1.74. The van der Waals surface area contributed by atoms with E-state index in [2.05, 4.69) is 52.3 Å². The van der Waals surface area contributed by atoms with Gasteiger partial charge in [-0.1, -0.05) is 28.1 Å². The summed E-state index contributed by atoms with van der Waals surface area (Å²) in [5.74, 6) is 0. The number of likely N-dealkylation sites (N-methyl/N-ethyl adjacent to an activating group) is 1. The lowest BCUT2D eigenvalue weighted by atomic mass is 10.2. The summed E-state index contributed by atoms with van der Waals surface area (Å²) < 4.78 is 1.21. The van der Waals surface area contributed by atoms with Gasteiger partial charge in [0.25, 0.3) is 0 Å². The second-order valence-electron chi connectivity index (χ2n) is 3.12. The summed E-state index contributed by atoms with van der Waals surface area (Å²) in [7, 11) is 2.06. The summed E-state index contributed by atoms with van der Waals surface area (Å²) in [6, 6.07) is 0. The summed E-state index contributed by atoms with van der Waals surface area (Å²) in [4.78, 5) is 2.15. The Morgan fingerprint density at radius 3 is 3.08 bits per heavy atom. The standard InChI is InChI=1S/C10H15BrN2/c1-13-7-9(4-2-3-5-12)6-10(11)8-13/h2,4,6-7H,3,5,8,12H2,1H3. The van der Waals surface area contributed by atoms with Gasteiger partial charge in [-0.05, 0) is 24.6 Å². The molecule has 2 N–H and O–H groups in total. The maximum absolute atomic E-state index is 5.39. The SMILES string of the molecule is CN1C=C(C=CCCN)C=C(Br)C1. The lowest BCUT2D eigenvalue weighted by Gasteiger charge is -2.18. The molecule has 1 heterocycles. The number of rotatable bonds is 3. The molecular formula is C10H15BrN2. The van der Waals surface area contributed by atoms with Gasteiger partial charge in [0.1, 0.15) is 0 Å². The molecule has 0 atom stereocenters. The molecule has 0 amide bonds. The van der Waals surface area contributed by atoms with Crippen LogP contribution in [0.1, 0.15) is 6.42 Å². The highest BCUT2D eigenvalue weighted by Gasteiger charge is 2.03. The van der Waals surface area contributed by atoms with Crippen LogP contribution in [0.3, 0.4) is 0 Å². The molecule has 1 rings (SSSR count). The molecule has 3 heteroatoms. The Morgan fingerprint density at radius 2 is 2.46 bits per heavy atom. The van der Waals surface area contributed by atoms with Crippen molar-refractivity contribution in [2.45, 2.75) is 6.42 Å². The fourth-order valence-corrected chi connectivity index (χ4v) is 1.87. The Kier molecular flexibility index (Phi) is 4.25. The molecule has 0 aromatic rings. The van der Waals surface area contributed by atoms with E-state index in [1.165, 1.54) is 10.1 Å². The van der Waals surface area contributed by atoms with E-state index in [4.69, 9.17) is 5.73 Å². The highest BCUT2D eigenvalue weighted by molar-refractivity contribution is 9.11. The van der Waals surface area contributed by atoms with Crippen LogP contribution < -0.4 is 5.73 Å². The first-order chi connectivity index (χ1) is 6.22. The predicted molar refractivity (Wildman–Crippen MR) is 60.5 cm³/mol. The van der Waals surface area contributed by atoms with Crippen molar-refractivity contribution in [3.8, 4) is 0 Å². The normalized spacial score (nSPS) is 17.6. The van der Waals surface area contributed by atoms with Gasteiger partial charge in [-0.2, -0.15) is 0 Å². The molecule has 1 aliphatic rings. The molecule has 0 unspecified atom stereocenters. The molecule has 0 fully saturated rings. The number of nitrogens with zero attached hydrogens (tertiary/aromatic N) is 1. The van der Waals surface area contributed by atoms with Crippen molar-refractivity contribution in [2.75, 3.05) is 20.1 Å². The first-order valence-electron chi connectivity index (χ1n) is 4.37. The summed E-state index contributed by atoms with van der Waals surface area (Å²) in [6.45, 7) is 1.67. The van der Waals surface area contributed by atoms with Crippen LogP contribution in [0.15, 0.2) is 34.5 Å². The fourth-order valence-electron chi connectivity index (χ4n) is 1.21. The summed E-state index contributed by atoms with van der Waals surface area (Å²) >= 11 is 3.50. The van der Waals surface area contributed by atoms with Crippen LogP contribution in [0.5, 0.6) is 0 Å². The number of halogens is 1. The van der Waals surface area contributed by atoms with Gasteiger partial charge in [0.2, 0.25) is 0 Å². The van der Waals surface area contributed by atoms with E-state index in [1.807, 2.05) is 0 Å². The monoisotopic (exact) mass is 242 g/mol. The molecule has 0 saturated heterocycles. The Labute approximate surface area is 87.9 Å². The van der Waals surface area contributed by atoms with E-state index < -0.39 is 0 Å². The van der Waals surface area contributed by atoms with Crippen LogP contribution in [0, 0.1) is 0 Å². The Hall–Kier alpha value is -0.540. The quantitative estimate of drug-likeness (QED) is 0.821. The highest BCUT2D eigenvalue weighted by Crippen LogP contribution is 2.17. The largest absolute Gasteiger partial charge is 0.375 e. The minimum atomic E-state index is 0.713. The summed E-state index contributed by atoms with van der Waals surface area (Å²) in [5, 5.41) is 0. The molecule has 0 spiro atoms. The van der Waals surface area contributed by atoms with E-state index >= 15 is 0 Å². The van der Waals surface area contributed by atoms with Gasteiger partial charge in [-0.15, -0.1) is 0 Å². The average Bonchev–Trinajstić information content (AvgIpc) is 2.03. The van der Waals surface area contributed by atoms with Crippen LogP contribution in [-0.4, -0.2) is 25.0 Å². The predicted octanol–water partition coefficient (Wildman–Crippen LogP) is 2.00. The second-order valence-corrected chi connectivity index (χ2v) is 4.13. The number of hydrogen-bond donors (Lipinski definition) is 1. The van der Waals surface area contributed by atoms with Gasteiger partial charge in [0.15, 0.2) is 0 Å². The minimum Gasteiger partial charge on any atom is -0.375 e. The van der Waals surface area contributed by atoms with E-state index in [1.54, 1.807) is 0 Å². The molecule has 13 heavy (non-hydrogen) atoms. The zero-order valence-corrected chi connectivity index (χ0v) is 9.42. The maximum Gasteiger partial charge on any atom is 0.0486 e. The Balaban J connectivity index is 2.58. The topological polar surface area (TPSA) is 29.3 Å². The minimum absolute atomic E-state index is 0.713. The van der Waals surface area contributed by atoms with E-state index in [-0.39, 0.29) is 0 Å². The second kappa shape index (κ2) is 5.25.